The van der Waals surface area contributed by atoms with Gasteiger partial charge in [-0.2, -0.15) is 4.99 Å². The lowest BCUT2D eigenvalue weighted by Crippen LogP contribution is -2.43. The summed E-state index contributed by atoms with van der Waals surface area (Å²) < 4.78 is 10.3. The third-order valence-corrected chi connectivity index (χ3v) is 7.59. The average molecular weight is 259 g/mol. The van der Waals surface area contributed by atoms with Gasteiger partial charge in [-0.3, -0.25) is 0 Å². The summed E-state index contributed by atoms with van der Waals surface area (Å²) in [6, 6.07) is -0.911. The Morgan fingerprint density at radius 3 is 2.29 bits per heavy atom. The van der Waals surface area contributed by atoms with Gasteiger partial charge in [0.15, 0.2) is 14.4 Å². The molecule has 0 bridgehead atoms. The number of rotatable bonds is 5. The minimum atomic E-state index is -1.95. The van der Waals surface area contributed by atoms with Crippen molar-refractivity contribution >= 4 is 20.4 Å². The van der Waals surface area contributed by atoms with Crippen molar-refractivity contribution in [1.29, 1.82) is 0 Å². The molecule has 5 nitrogen and oxygen atoms in total. The molecule has 0 aromatic rings. The van der Waals surface area contributed by atoms with Gasteiger partial charge in [-0.05, 0) is 18.1 Å². The smallest absolute Gasteiger partial charge is 0.333 e. The zero-order chi connectivity index (χ0) is 13.7. The molecule has 0 saturated carbocycles. The molecular weight excluding hydrogens is 238 g/mol. The summed E-state index contributed by atoms with van der Waals surface area (Å²) >= 11 is 0. The predicted octanol–water partition coefficient (Wildman–Crippen LogP) is 1.89. The third kappa shape index (κ3) is 4.81. The molecule has 0 radical (unpaired) electrons. The topological polar surface area (TPSA) is 65.0 Å². The lowest BCUT2D eigenvalue weighted by atomic mass is 10.2. The van der Waals surface area contributed by atoms with E-state index >= 15 is 0 Å². The Kier molecular flexibility index (Phi) is 5.74. The monoisotopic (exact) mass is 259 g/mol. The van der Waals surface area contributed by atoms with E-state index in [-0.39, 0.29) is 11.6 Å². The van der Waals surface area contributed by atoms with Crippen LogP contribution in [0, 0.1) is 0 Å². The van der Waals surface area contributed by atoms with E-state index in [9.17, 15) is 9.59 Å². The fraction of sp³-hybridized carbons (Fsp3) is 0.818. The van der Waals surface area contributed by atoms with Crippen molar-refractivity contribution in [3.63, 3.8) is 0 Å². The molecule has 17 heavy (non-hydrogen) atoms. The molecule has 0 amide bonds. The Labute approximate surface area is 103 Å². The van der Waals surface area contributed by atoms with Gasteiger partial charge in [0.1, 0.15) is 0 Å². The van der Waals surface area contributed by atoms with Crippen LogP contribution >= 0.6 is 0 Å². The summed E-state index contributed by atoms with van der Waals surface area (Å²) in [5.41, 5.74) is 0. The van der Waals surface area contributed by atoms with E-state index in [1.54, 1.807) is 0 Å². The molecule has 0 rings (SSSR count). The lowest BCUT2D eigenvalue weighted by Gasteiger charge is -2.36. The average Bonchev–Trinajstić information content (AvgIpc) is 2.21. The number of methoxy groups -OCH3 is 1. The van der Waals surface area contributed by atoms with Gasteiger partial charge >= 0.3 is 5.97 Å². The number of isocyanates is 1. The van der Waals surface area contributed by atoms with Crippen LogP contribution in [0.5, 0.6) is 0 Å². The normalized spacial score (nSPS) is 13.8. The van der Waals surface area contributed by atoms with Crippen LogP contribution in [-0.4, -0.2) is 40.1 Å². The highest BCUT2D eigenvalue weighted by Crippen LogP contribution is 2.36. The van der Waals surface area contributed by atoms with Crippen LogP contribution in [0.3, 0.4) is 0 Å². The number of hydrogen-bond donors (Lipinski definition) is 0. The van der Waals surface area contributed by atoms with Crippen LogP contribution in [0.4, 0.5) is 0 Å². The van der Waals surface area contributed by atoms with Crippen molar-refractivity contribution in [3.8, 4) is 0 Å². The van der Waals surface area contributed by atoms with Crippen LogP contribution in [0.1, 0.15) is 20.8 Å². The van der Waals surface area contributed by atoms with Gasteiger partial charge in [-0.25, -0.2) is 9.59 Å². The maximum absolute atomic E-state index is 11.3. The third-order valence-electron chi connectivity index (χ3n) is 3.09. The maximum atomic E-state index is 11.3. The SMILES string of the molecule is COC(=O)[C@H](CO[Si](C)(C)C(C)(C)C)N=C=O. The van der Waals surface area contributed by atoms with Crippen molar-refractivity contribution in [2.24, 2.45) is 4.99 Å². The summed E-state index contributed by atoms with van der Waals surface area (Å²) in [4.78, 5) is 24.9. The first-order valence-electron chi connectivity index (χ1n) is 5.44. The van der Waals surface area contributed by atoms with Crippen LogP contribution in [-0.2, 0) is 18.8 Å². The molecule has 0 unspecified atom stereocenters. The highest BCUT2D eigenvalue weighted by molar-refractivity contribution is 6.74. The highest BCUT2D eigenvalue weighted by atomic mass is 28.4. The van der Waals surface area contributed by atoms with Crippen LogP contribution in [0.25, 0.3) is 0 Å². The van der Waals surface area contributed by atoms with Gasteiger partial charge in [0.25, 0.3) is 0 Å². The van der Waals surface area contributed by atoms with Crippen molar-refractivity contribution in [1.82, 2.24) is 0 Å². The molecule has 0 saturated heterocycles. The minimum absolute atomic E-state index is 0.0402. The van der Waals surface area contributed by atoms with E-state index in [1.807, 2.05) is 0 Å². The standard InChI is InChI=1S/C11H21NO4Si/c1-11(2,3)17(5,6)16-7-9(12-8-13)10(14)15-4/h9H,7H2,1-6H3/t9-/m0/s1. The van der Waals surface area contributed by atoms with E-state index in [1.165, 1.54) is 13.2 Å². The van der Waals surface area contributed by atoms with Crippen molar-refractivity contribution in [2.75, 3.05) is 13.7 Å². The van der Waals surface area contributed by atoms with Gasteiger partial charge in [0, 0.05) is 0 Å². The largest absolute Gasteiger partial charge is 0.467 e. The zero-order valence-electron chi connectivity index (χ0n) is 11.4. The van der Waals surface area contributed by atoms with E-state index in [2.05, 4.69) is 43.6 Å². The first-order chi connectivity index (χ1) is 7.65. The van der Waals surface area contributed by atoms with Crippen LogP contribution in [0.15, 0.2) is 4.99 Å². The van der Waals surface area contributed by atoms with Crippen molar-refractivity contribution < 1.29 is 18.8 Å². The van der Waals surface area contributed by atoms with Gasteiger partial charge < -0.3 is 9.16 Å². The van der Waals surface area contributed by atoms with Gasteiger partial charge in [0.2, 0.25) is 6.08 Å². The summed E-state index contributed by atoms with van der Waals surface area (Å²) in [5.74, 6) is -0.577. The number of hydrogen-bond acceptors (Lipinski definition) is 5. The summed E-state index contributed by atoms with van der Waals surface area (Å²) in [7, 11) is -0.701. The van der Waals surface area contributed by atoms with Crippen LogP contribution in [0.2, 0.25) is 18.1 Å². The van der Waals surface area contributed by atoms with E-state index in [4.69, 9.17) is 4.43 Å². The maximum Gasteiger partial charge on any atom is 0.333 e. The van der Waals surface area contributed by atoms with Gasteiger partial charge in [-0.1, -0.05) is 20.8 Å². The van der Waals surface area contributed by atoms with Gasteiger partial charge in [0.05, 0.1) is 13.7 Å². The summed E-state index contributed by atoms with van der Waals surface area (Å²) in [5, 5.41) is 0.0402. The Morgan fingerprint density at radius 2 is 1.94 bits per heavy atom. The molecular formula is C11H21NO4Si. The highest BCUT2D eigenvalue weighted by Gasteiger charge is 2.38. The molecule has 1 atom stereocenters. The second kappa shape index (κ2) is 6.09. The molecule has 0 heterocycles. The molecule has 0 aromatic carbocycles. The zero-order valence-corrected chi connectivity index (χ0v) is 12.4. The van der Waals surface area contributed by atoms with E-state index < -0.39 is 20.3 Å². The molecule has 0 aliphatic rings. The molecule has 0 N–H and O–H groups in total. The molecule has 0 spiro atoms. The molecule has 98 valence electrons. The fourth-order valence-electron chi connectivity index (χ4n) is 0.861. The molecule has 0 fully saturated rings. The van der Waals surface area contributed by atoms with Crippen molar-refractivity contribution in [3.05, 3.63) is 0 Å². The minimum Gasteiger partial charge on any atom is -0.467 e. The number of nitrogens with zero attached hydrogens (tertiary/aromatic N) is 1. The predicted molar refractivity (Wildman–Crippen MR) is 67.1 cm³/mol. The number of carbonyl (C=O) groups is 1. The Morgan fingerprint density at radius 1 is 1.41 bits per heavy atom. The molecule has 6 heteroatoms. The fourth-order valence-corrected chi connectivity index (χ4v) is 1.87. The second-order valence-corrected chi connectivity index (χ2v) is 10.1. The Hall–Kier alpha value is -0.973. The van der Waals surface area contributed by atoms with E-state index in [0.29, 0.717) is 0 Å². The van der Waals surface area contributed by atoms with E-state index in [0.717, 1.165) is 0 Å². The lowest BCUT2D eigenvalue weighted by molar-refractivity contribution is -0.142. The number of esters is 1. The Bertz CT molecular complexity index is 316. The Balaban J connectivity index is 4.62. The number of ether oxygens (including phenoxy) is 1. The molecule has 0 aliphatic heterocycles. The molecule has 0 aromatic heterocycles. The van der Waals surface area contributed by atoms with Gasteiger partial charge in [-0.15, -0.1) is 0 Å². The number of aliphatic imine (C=N–C) groups is 1. The summed E-state index contributed by atoms with van der Waals surface area (Å²) in [6.45, 7) is 10.5. The second-order valence-electron chi connectivity index (χ2n) is 5.33. The first-order valence-corrected chi connectivity index (χ1v) is 8.35. The quantitative estimate of drug-likeness (QED) is 0.327. The first kappa shape index (κ1) is 16.0. The van der Waals surface area contributed by atoms with Crippen molar-refractivity contribution in [2.45, 2.75) is 44.9 Å². The number of carbonyl (C=O) groups excluding carboxylic acids is 2. The molecule has 0 aliphatic carbocycles. The summed E-state index contributed by atoms with van der Waals surface area (Å²) in [6.07, 6.45) is 1.37. The van der Waals surface area contributed by atoms with Crippen LogP contribution < -0.4 is 0 Å².